The van der Waals surface area contributed by atoms with Gasteiger partial charge in [-0.2, -0.15) is 0 Å². The fraction of sp³-hybridized carbons (Fsp3) is 0.100. The lowest BCUT2D eigenvalue weighted by Crippen LogP contribution is -2.28. The first-order chi connectivity index (χ1) is 11.2. The number of halogens is 1. The quantitative estimate of drug-likeness (QED) is 0.504. The first-order valence-corrected chi connectivity index (χ1v) is 8.28. The molecule has 0 saturated carbocycles. The highest BCUT2D eigenvalue weighted by Crippen LogP contribution is 2.23. The number of hydrogen-bond acceptors (Lipinski definition) is 2. The molecule has 0 spiro atoms. The summed E-state index contributed by atoms with van der Waals surface area (Å²) >= 11 is 3.46. The molecule has 0 heterocycles. The Hall–Kier alpha value is -1.94. The molecule has 1 atom stereocenters. The number of nitrogens with two attached hydrogens (primary N) is 1. The Kier molecular flexibility index (Phi) is 7.01. The monoisotopic (exact) mass is 368 g/mol. The van der Waals surface area contributed by atoms with E-state index in [0.29, 0.717) is 0 Å². The smallest absolute Gasteiger partial charge is 0.0710 e. The maximum atomic E-state index is 5.62. The molecule has 118 valence electrons. The van der Waals surface area contributed by atoms with Gasteiger partial charge in [0.2, 0.25) is 0 Å². The van der Waals surface area contributed by atoms with E-state index in [-0.39, 0.29) is 6.04 Å². The minimum absolute atomic E-state index is 0.0266. The molecule has 0 aromatic heterocycles. The highest BCUT2D eigenvalue weighted by atomic mass is 79.9. The van der Waals surface area contributed by atoms with Crippen LogP contribution in [-0.4, -0.2) is 0 Å². The lowest BCUT2D eigenvalue weighted by molar-refractivity contribution is 0.636. The lowest BCUT2D eigenvalue weighted by Gasteiger charge is -2.16. The second kappa shape index (κ2) is 9.26. The third kappa shape index (κ3) is 5.64. The van der Waals surface area contributed by atoms with Crippen LogP contribution < -0.4 is 11.3 Å². The van der Waals surface area contributed by atoms with Crippen molar-refractivity contribution >= 4 is 15.9 Å². The topological polar surface area (TPSA) is 38.0 Å². The van der Waals surface area contributed by atoms with Crippen molar-refractivity contribution in [3.05, 3.63) is 106 Å². The molecular formula is C20H21BrN2. The average Bonchev–Trinajstić information content (AvgIpc) is 2.58. The molecule has 1 unspecified atom stereocenters. The highest BCUT2D eigenvalue weighted by molar-refractivity contribution is 9.10. The fourth-order valence-corrected chi connectivity index (χ4v) is 2.67. The predicted molar refractivity (Wildman–Crippen MR) is 101 cm³/mol. The van der Waals surface area contributed by atoms with Gasteiger partial charge in [-0.25, -0.2) is 5.43 Å². The molecule has 0 fully saturated rings. The van der Waals surface area contributed by atoms with Crippen molar-refractivity contribution in [3.63, 3.8) is 0 Å². The van der Waals surface area contributed by atoms with Crippen LogP contribution in [0.1, 0.15) is 22.7 Å². The van der Waals surface area contributed by atoms with E-state index in [2.05, 4.69) is 64.7 Å². The van der Waals surface area contributed by atoms with Gasteiger partial charge in [-0.1, -0.05) is 94.3 Å². The molecular weight excluding hydrogens is 348 g/mol. The van der Waals surface area contributed by atoms with E-state index in [1.54, 1.807) is 0 Å². The summed E-state index contributed by atoms with van der Waals surface area (Å²) in [5.74, 6) is 5.62. The van der Waals surface area contributed by atoms with Gasteiger partial charge < -0.3 is 0 Å². The van der Waals surface area contributed by atoms with Crippen LogP contribution in [0.25, 0.3) is 0 Å². The second-order valence-electron chi connectivity index (χ2n) is 5.22. The van der Waals surface area contributed by atoms with Gasteiger partial charge in [-0.15, -0.1) is 0 Å². The van der Waals surface area contributed by atoms with E-state index in [4.69, 9.17) is 5.84 Å². The Bertz CT molecular complexity index is 699. The minimum atomic E-state index is 0.0266. The standard InChI is InChI=1S/C13H13BrN2.C7H8/c14-12-8-4-7-11(9-12)13(16-15)10-5-2-1-3-6-10;1-7-5-3-2-4-6-7/h1-9,13,16H,15H2;2-6H,1H3. The van der Waals surface area contributed by atoms with Gasteiger partial charge in [-0.3, -0.25) is 5.84 Å². The Balaban J connectivity index is 0.000000229. The van der Waals surface area contributed by atoms with Crippen LogP contribution in [0, 0.1) is 6.92 Å². The fourth-order valence-electron chi connectivity index (χ4n) is 2.25. The van der Waals surface area contributed by atoms with Gasteiger partial charge in [0.25, 0.3) is 0 Å². The van der Waals surface area contributed by atoms with E-state index >= 15 is 0 Å². The van der Waals surface area contributed by atoms with Crippen LogP contribution in [0.3, 0.4) is 0 Å². The van der Waals surface area contributed by atoms with Crippen molar-refractivity contribution in [1.82, 2.24) is 5.43 Å². The van der Waals surface area contributed by atoms with Crippen molar-refractivity contribution in [2.24, 2.45) is 5.84 Å². The zero-order valence-electron chi connectivity index (χ0n) is 13.1. The van der Waals surface area contributed by atoms with Crippen LogP contribution in [0.4, 0.5) is 0 Å². The summed E-state index contributed by atoms with van der Waals surface area (Å²) in [5.41, 5.74) is 6.46. The summed E-state index contributed by atoms with van der Waals surface area (Å²) in [4.78, 5) is 0. The van der Waals surface area contributed by atoms with Crippen LogP contribution in [0.5, 0.6) is 0 Å². The van der Waals surface area contributed by atoms with Crippen molar-refractivity contribution in [2.75, 3.05) is 0 Å². The van der Waals surface area contributed by atoms with Crippen LogP contribution >= 0.6 is 15.9 Å². The van der Waals surface area contributed by atoms with E-state index in [0.717, 1.165) is 15.6 Å². The van der Waals surface area contributed by atoms with Crippen molar-refractivity contribution in [1.29, 1.82) is 0 Å². The molecule has 0 aliphatic carbocycles. The normalized spacial score (nSPS) is 11.3. The van der Waals surface area contributed by atoms with Gasteiger partial charge in [0.05, 0.1) is 6.04 Å². The Morgan fingerprint density at radius 1 is 0.783 bits per heavy atom. The number of hydrogen-bond donors (Lipinski definition) is 2. The van der Waals surface area contributed by atoms with Crippen molar-refractivity contribution in [3.8, 4) is 0 Å². The SMILES string of the molecule is Cc1ccccc1.NNC(c1ccccc1)c1cccc(Br)c1. The molecule has 3 rings (SSSR count). The molecule has 0 aliphatic heterocycles. The van der Waals surface area contributed by atoms with E-state index in [1.807, 2.05) is 48.5 Å². The van der Waals surface area contributed by atoms with E-state index in [1.165, 1.54) is 5.56 Å². The molecule has 3 aromatic rings. The molecule has 0 radical (unpaired) electrons. The lowest BCUT2D eigenvalue weighted by atomic mass is 10.00. The van der Waals surface area contributed by atoms with Gasteiger partial charge >= 0.3 is 0 Å². The summed E-state index contributed by atoms with van der Waals surface area (Å²) in [6.45, 7) is 2.08. The molecule has 2 nitrogen and oxygen atoms in total. The third-order valence-electron chi connectivity index (χ3n) is 3.42. The van der Waals surface area contributed by atoms with Crippen LogP contribution in [-0.2, 0) is 0 Å². The molecule has 3 N–H and O–H groups in total. The Labute approximate surface area is 146 Å². The van der Waals surface area contributed by atoms with Crippen molar-refractivity contribution in [2.45, 2.75) is 13.0 Å². The van der Waals surface area contributed by atoms with Crippen LogP contribution in [0.2, 0.25) is 0 Å². The average molecular weight is 369 g/mol. The molecule has 23 heavy (non-hydrogen) atoms. The first kappa shape index (κ1) is 17.4. The van der Waals surface area contributed by atoms with E-state index < -0.39 is 0 Å². The maximum Gasteiger partial charge on any atom is 0.0710 e. The molecule has 0 amide bonds. The third-order valence-corrected chi connectivity index (χ3v) is 3.92. The number of benzene rings is 3. The summed E-state index contributed by atoms with van der Waals surface area (Å²) in [7, 11) is 0. The van der Waals surface area contributed by atoms with Crippen molar-refractivity contribution < 1.29 is 0 Å². The number of nitrogens with one attached hydrogen (secondary N) is 1. The molecule has 0 bridgehead atoms. The first-order valence-electron chi connectivity index (χ1n) is 7.49. The minimum Gasteiger partial charge on any atom is -0.271 e. The Morgan fingerprint density at radius 3 is 1.83 bits per heavy atom. The number of rotatable bonds is 3. The zero-order chi connectivity index (χ0) is 16.5. The summed E-state index contributed by atoms with van der Waals surface area (Å²) in [6.07, 6.45) is 0. The molecule has 3 heteroatoms. The number of hydrazine groups is 1. The molecule has 0 saturated heterocycles. The second-order valence-corrected chi connectivity index (χ2v) is 6.14. The maximum absolute atomic E-state index is 5.62. The zero-order valence-corrected chi connectivity index (χ0v) is 14.7. The van der Waals surface area contributed by atoms with Gasteiger partial charge in [0.15, 0.2) is 0 Å². The highest BCUT2D eigenvalue weighted by Gasteiger charge is 2.11. The van der Waals surface area contributed by atoms with Gasteiger partial charge in [0.1, 0.15) is 0 Å². The predicted octanol–water partition coefficient (Wildman–Crippen LogP) is 5.00. The van der Waals surface area contributed by atoms with Gasteiger partial charge in [-0.05, 0) is 30.2 Å². The van der Waals surface area contributed by atoms with Gasteiger partial charge in [0, 0.05) is 4.47 Å². The number of aryl methyl sites for hydroxylation is 1. The molecule has 0 aliphatic rings. The summed E-state index contributed by atoms with van der Waals surface area (Å²) in [6, 6.07) is 28.6. The Morgan fingerprint density at radius 2 is 1.35 bits per heavy atom. The summed E-state index contributed by atoms with van der Waals surface area (Å²) in [5, 5.41) is 0. The largest absolute Gasteiger partial charge is 0.271 e. The molecule has 3 aromatic carbocycles. The van der Waals surface area contributed by atoms with Crippen LogP contribution in [0.15, 0.2) is 89.4 Å². The summed E-state index contributed by atoms with van der Waals surface area (Å²) < 4.78 is 1.06. The van der Waals surface area contributed by atoms with E-state index in [9.17, 15) is 0 Å².